The Morgan fingerprint density at radius 1 is 1.04 bits per heavy atom. The SMILES string of the molecule is CCCCc1c(C)cc(C(=O)O)c(CCCCC(C)C)c1C(C)C. The lowest BCUT2D eigenvalue weighted by Crippen LogP contribution is -2.12. The molecule has 0 saturated carbocycles. The zero-order chi connectivity index (χ0) is 18.3. The van der Waals surface area contributed by atoms with Gasteiger partial charge in [-0.05, 0) is 72.8 Å². The van der Waals surface area contributed by atoms with Gasteiger partial charge in [0.1, 0.15) is 0 Å². The average Bonchev–Trinajstić information content (AvgIpc) is 2.49. The fourth-order valence-electron chi connectivity index (χ4n) is 3.63. The van der Waals surface area contributed by atoms with E-state index in [0.717, 1.165) is 30.4 Å². The predicted octanol–water partition coefficient (Wildman–Crippen LogP) is 6.53. The minimum atomic E-state index is -0.777. The summed E-state index contributed by atoms with van der Waals surface area (Å²) in [5.41, 5.74) is 5.48. The van der Waals surface area contributed by atoms with Crippen LogP contribution in [0.5, 0.6) is 0 Å². The van der Waals surface area contributed by atoms with Crippen LogP contribution < -0.4 is 0 Å². The third kappa shape index (κ3) is 5.65. The van der Waals surface area contributed by atoms with Gasteiger partial charge in [-0.3, -0.25) is 0 Å². The van der Waals surface area contributed by atoms with Gasteiger partial charge in [-0.2, -0.15) is 0 Å². The van der Waals surface area contributed by atoms with Gasteiger partial charge in [0.15, 0.2) is 0 Å². The van der Waals surface area contributed by atoms with E-state index in [0.29, 0.717) is 17.4 Å². The summed E-state index contributed by atoms with van der Waals surface area (Å²) < 4.78 is 0. The molecule has 0 saturated heterocycles. The first-order chi connectivity index (χ1) is 11.3. The van der Waals surface area contributed by atoms with Gasteiger partial charge in [-0.1, -0.05) is 53.9 Å². The van der Waals surface area contributed by atoms with Crippen molar-refractivity contribution in [1.29, 1.82) is 0 Å². The fraction of sp³-hybridized carbons (Fsp3) is 0.682. The number of carboxylic acids is 1. The summed E-state index contributed by atoms with van der Waals surface area (Å²) in [6, 6.07) is 1.91. The summed E-state index contributed by atoms with van der Waals surface area (Å²) in [5, 5.41) is 9.71. The van der Waals surface area contributed by atoms with Crippen LogP contribution in [0, 0.1) is 12.8 Å². The van der Waals surface area contributed by atoms with Gasteiger partial charge in [0, 0.05) is 0 Å². The van der Waals surface area contributed by atoms with E-state index in [1.807, 2.05) is 6.07 Å². The van der Waals surface area contributed by atoms with E-state index in [1.54, 1.807) is 0 Å². The number of rotatable bonds is 10. The number of hydrogen-bond acceptors (Lipinski definition) is 1. The Morgan fingerprint density at radius 3 is 2.17 bits per heavy atom. The van der Waals surface area contributed by atoms with Crippen molar-refractivity contribution in [3.63, 3.8) is 0 Å². The minimum absolute atomic E-state index is 0.370. The summed E-state index contributed by atoms with van der Waals surface area (Å²) >= 11 is 0. The first kappa shape index (κ1) is 20.7. The van der Waals surface area contributed by atoms with Crippen LogP contribution in [-0.4, -0.2) is 11.1 Å². The first-order valence-electron chi connectivity index (χ1n) is 9.68. The maximum Gasteiger partial charge on any atom is 0.335 e. The van der Waals surface area contributed by atoms with Crippen LogP contribution in [0.15, 0.2) is 6.07 Å². The number of aryl methyl sites for hydroxylation is 1. The molecule has 0 unspecified atom stereocenters. The average molecular weight is 333 g/mol. The van der Waals surface area contributed by atoms with Crippen molar-refractivity contribution in [3.05, 3.63) is 33.9 Å². The number of aromatic carboxylic acids is 1. The highest BCUT2D eigenvalue weighted by atomic mass is 16.4. The molecule has 0 aliphatic heterocycles. The molecule has 1 aromatic rings. The van der Waals surface area contributed by atoms with E-state index < -0.39 is 5.97 Å². The molecule has 0 radical (unpaired) electrons. The maximum atomic E-state index is 11.8. The zero-order valence-corrected chi connectivity index (χ0v) is 16.5. The number of carbonyl (C=O) groups is 1. The molecule has 0 aliphatic carbocycles. The second-order valence-corrected chi connectivity index (χ2v) is 7.81. The lowest BCUT2D eigenvalue weighted by Gasteiger charge is -2.23. The Morgan fingerprint density at radius 2 is 1.67 bits per heavy atom. The molecular weight excluding hydrogens is 296 g/mol. The van der Waals surface area contributed by atoms with Gasteiger partial charge >= 0.3 is 5.97 Å². The molecule has 1 aromatic carbocycles. The summed E-state index contributed by atoms with van der Waals surface area (Å²) in [6.45, 7) is 13.2. The number of benzene rings is 1. The molecule has 2 heteroatoms. The Labute approximate surface area is 148 Å². The second kappa shape index (κ2) is 9.86. The molecule has 0 amide bonds. The van der Waals surface area contributed by atoms with Crippen molar-refractivity contribution in [3.8, 4) is 0 Å². The molecule has 0 bridgehead atoms. The van der Waals surface area contributed by atoms with Crippen LogP contribution in [0.25, 0.3) is 0 Å². The molecule has 0 heterocycles. The molecular formula is C22H36O2. The van der Waals surface area contributed by atoms with Crippen molar-refractivity contribution in [2.24, 2.45) is 5.92 Å². The summed E-state index contributed by atoms with van der Waals surface area (Å²) in [5.74, 6) is 0.308. The van der Waals surface area contributed by atoms with E-state index in [4.69, 9.17) is 0 Å². The van der Waals surface area contributed by atoms with Gasteiger partial charge in [0.2, 0.25) is 0 Å². The van der Waals surface area contributed by atoms with Crippen LogP contribution in [0.3, 0.4) is 0 Å². The largest absolute Gasteiger partial charge is 0.478 e. The lowest BCUT2D eigenvalue weighted by molar-refractivity contribution is 0.0695. The summed E-state index contributed by atoms with van der Waals surface area (Å²) in [4.78, 5) is 11.8. The molecule has 0 aliphatic rings. The standard InChI is InChI=1S/C22H36O2/c1-7-8-12-18-17(6)14-20(22(23)24)19(21(18)16(4)5)13-10-9-11-15(2)3/h14-16H,7-13H2,1-6H3,(H,23,24). The normalized spacial score (nSPS) is 11.5. The maximum absolute atomic E-state index is 11.8. The van der Waals surface area contributed by atoms with Crippen molar-refractivity contribution < 1.29 is 9.90 Å². The lowest BCUT2D eigenvalue weighted by atomic mass is 9.82. The number of carboxylic acid groups (broad SMARTS) is 1. The smallest absolute Gasteiger partial charge is 0.335 e. The van der Waals surface area contributed by atoms with Crippen molar-refractivity contribution in [1.82, 2.24) is 0 Å². The molecule has 0 spiro atoms. The predicted molar refractivity (Wildman–Crippen MR) is 103 cm³/mol. The highest BCUT2D eigenvalue weighted by Gasteiger charge is 2.21. The molecule has 0 fully saturated rings. The van der Waals surface area contributed by atoms with E-state index in [-0.39, 0.29) is 0 Å². The monoisotopic (exact) mass is 332 g/mol. The second-order valence-electron chi connectivity index (χ2n) is 7.81. The van der Waals surface area contributed by atoms with Gasteiger partial charge in [-0.25, -0.2) is 4.79 Å². The third-order valence-electron chi connectivity index (χ3n) is 4.86. The number of unbranched alkanes of at least 4 members (excludes halogenated alkanes) is 2. The van der Waals surface area contributed by atoms with Gasteiger partial charge in [-0.15, -0.1) is 0 Å². The van der Waals surface area contributed by atoms with Crippen molar-refractivity contribution in [2.45, 2.75) is 92.4 Å². The highest BCUT2D eigenvalue weighted by molar-refractivity contribution is 5.90. The van der Waals surface area contributed by atoms with E-state index in [2.05, 4.69) is 41.5 Å². The summed E-state index contributed by atoms with van der Waals surface area (Å²) in [7, 11) is 0. The van der Waals surface area contributed by atoms with Crippen LogP contribution in [-0.2, 0) is 12.8 Å². The fourth-order valence-corrected chi connectivity index (χ4v) is 3.63. The van der Waals surface area contributed by atoms with Crippen LogP contribution in [0.2, 0.25) is 0 Å². The topological polar surface area (TPSA) is 37.3 Å². The molecule has 1 rings (SSSR count). The molecule has 0 aromatic heterocycles. The zero-order valence-electron chi connectivity index (χ0n) is 16.5. The van der Waals surface area contributed by atoms with Crippen molar-refractivity contribution in [2.75, 3.05) is 0 Å². The van der Waals surface area contributed by atoms with Gasteiger partial charge in [0.25, 0.3) is 0 Å². The Bertz CT molecular complexity index is 541. The van der Waals surface area contributed by atoms with E-state index in [9.17, 15) is 9.90 Å². The quantitative estimate of drug-likeness (QED) is 0.495. The minimum Gasteiger partial charge on any atom is -0.478 e. The molecule has 136 valence electrons. The Balaban J connectivity index is 3.25. The van der Waals surface area contributed by atoms with Crippen LogP contribution in [0.4, 0.5) is 0 Å². The number of hydrogen-bond donors (Lipinski definition) is 1. The van der Waals surface area contributed by atoms with Crippen molar-refractivity contribution >= 4 is 5.97 Å². The van der Waals surface area contributed by atoms with E-state index in [1.165, 1.54) is 36.8 Å². The molecule has 0 atom stereocenters. The highest BCUT2D eigenvalue weighted by Crippen LogP contribution is 2.32. The Hall–Kier alpha value is -1.31. The van der Waals surface area contributed by atoms with Crippen LogP contribution >= 0.6 is 0 Å². The molecule has 2 nitrogen and oxygen atoms in total. The van der Waals surface area contributed by atoms with Gasteiger partial charge in [0.05, 0.1) is 5.56 Å². The molecule has 24 heavy (non-hydrogen) atoms. The Kier molecular flexibility index (Phi) is 8.52. The molecule has 1 N–H and O–H groups in total. The van der Waals surface area contributed by atoms with Gasteiger partial charge < -0.3 is 5.11 Å². The third-order valence-corrected chi connectivity index (χ3v) is 4.86. The van der Waals surface area contributed by atoms with Crippen LogP contribution in [0.1, 0.15) is 105 Å². The first-order valence-corrected chi connectivity index (χ1v) is 9.68. The van der Waals surface area contributed by atoms with E-state index >= 15 is 0 Å². The summed E-state index contributed by atoms with van der Waals surface area (Å²) in [6.07, 6.45) is 7.76.